The Labute approximate surface area is 176 Å². The second kappa shape index (κ2) is 8.82. The molecule has 0 saturated carbocycles. The van der Waals surface area contributed by atoms with Crippen molar-refractivity contribution in [3.63, 3.8) is 0 Å². The molecule has 7 nitrogen and oxygen atoms in total. The van der Waals surface area contributed by atoms with Crippen molar-refractivity contribution in [3.05, 3.63) is 66.4 Å². The Bertz CT molecular complexity index is 1110. The average molecular weight is 403 g/mol. The number of nitrogens with zero attached hydrogens (tertiary/aromatic N) is 4. The van der Waals surface area contributed by atoms with Crippen LogP contribution >= 0.6 is 0 Å². The fourth-order valence-electron chi connectivity index (χ4n) is 3.12. The number of para-hydroxylation sites is 1. The standard InChI is InChI=1S/C23H26N6O/c1-16(2)13-24-22-25-15-20-21(28-22)29(18-7-5-4-6-8-18)23(27-20)26-14-17-9-11-19(30-3)12-10-17/h4-12,15-16H,13-14H2,1-3H3,(H,26,27)(H,24,25,28). The molecule has 0 radical (unpaired) electrons. The Morgan fingerprint density at radius 3 is 2.43 bits per heavy atom. The molecule has 0 spiro atoms. The van der Waals surface area contributed by atoms with Gasteiger partial charge in [-0.3, -0.25) is 4.57 Å². The zero-order valence-electron chi connectivity index (χ0n) is 17.5. The molecular weight excluding hydrogens is 376 g/mol. The highest BCUT2D eigenvalue weighted by atomic mass is 16.5. The largest absolute Gasteiger partial charge is 0.497 e. The van der Waals surface area contributed by atoms with E-state index in [4.69, 9.17) is 14.7 Å². The van der Waals surface area contributed by atoms with Crippen molar-refractivity contribution >= 4 is 23.1 Å². The van der Waals surface area contributed by atoms with Gasteiger partial charge >= 0.3 is 0 Å². The van der Waals surface area contributed by atoms with Crippen LogP contribution in [0.4, 0.5) is 11.9 Å². The third-order valence-corrected chi connectivity index (χ3v) is 4.69. The number of benzene rings is 2. The van der Waals surface area contributed by atoms with Crippen LogP contribution in [0.15, 0.2) is 60.8 Å². The second-order valence-electron chi connectivity index (χ2n) is 7.49. The lowest BCUT2D eigenvalue weighted by Gasteiger charge is -2.11. The first-order valence-electron chi connectivity index (χ1n) is 10.1. The quantitative estimate of drug-likeness (QED) is 0.452. The highest BCUT2D eigenvalue weighted by molar-refractivity contribution is 5.77. The van der Waals surface area contributed by atoms with Gasteiger partial charge in [-0.1, -0.05) is 44.2 Å². The number of imidazole rings is 1. The van der Waals surface area contributed by atoms with E-state index >= 15 is 0 Å². The van der Waals surface area contributed by atoms with Crippen LogP contribution in [0.5, 0.6) is 5.75 Å². The fraction of sp³-hybridized carbons (Fsp3) is 0.261. The van der Waals surface area contributed by atoms with Gasteiger partial charge < -0.3 is 15.4 Å². The predicted molar refractivity (Wildman–Crippen MR) is 120 cm³/mol. The molecule has 0 aliphatic rings. The molecule has 4 aromatic rings. The summed E-state index contributed by atoms with van der Waals surface area (Å²) in [7, 11) is 1.67. The SMILES string of the molecule is COc1ccc(CNc2nc3cnc(NCC(C)C)nc3n2-c2ccccc2)cc1. The first kappa shape index (κ1) is 19.7. The third-order valence-electron chi connectivity index (χ3n) is 4.69. The number of methoxy groups -OCH3 is 1. The highest BCUT2D eigenvalue weighted by Crippen LogP contribution is 2.24. The summed E-state index contributed by atoms with van der Waals surface area (Å²) in [6, 6.07) is 18.1. The maximum Gasteiger partial charge on any atom is 0.224 e. The molecule has 0 aliphatic carbocycles. The van der Waals surface area contributed by atoms with E-state index in [0.29, 0.717) is 18.4 Å². The van der Waals surface area contributed by atoms with Gasteiger partial charge in [-0.15, -0.1) is 0 Å². The van der Waals surface area contributed by atoms with Crippen molar-refractivity contribution in [1.29, 1.82) is 0 Å². The molecule has 2 aromatic heterocycles. The van der Waals surface area contributed by atoms with Crippen molar-refractivity contribution in [1.82, 2.24) is 19.5 Å². The third kappa shape index (κ3) is 4.35. The number of aromatic nitrogens is 4. The first-order chi connectivity index (χ1) is 14.6. The number of hydrogen-bond acceptors (Lipinski definition) is 6. The molecule has 2 aromatic carbocycles. The summed E-state index contributed by atoms with van der Waals surface area (Å²) < 4.78 is 7.27. The van der Waals surface area contributed by atoms with Crippen LogP contribution < -0.4 is 15.4 Å². The summed E-state index contributed by atoms with van der Waals surface area (Å²) in [6.07, 6.45) is 1.77. The molecule has 30 heavy (non-hydrogen) atoms. The second-order valence-corrected chi connectivity index (χ2v) is 7.49. The molecule has 2 heterocycles. The normalized spacial score (nSPS) is 11.1. The van der Waals surface area contributed by atoms with Gasteiger partial charge in [0.05, 0.1) is 19.0 Å². The minimum absolute atomic E-state index is 0.505. The van der Waals surface area contributed by atoms with Crippen molar-refractivity contribution in [3.8, 4) is 11.4 Å². The van der Waals surface area contributed by atoms with E-state index < -0.39 is 0 Å². The van der Waals surface area contributed by atoms with E-state index in [1.807, 2.05) is 59.2 Å². The smallest absolute Gasteiger partial charge is 0.224 e. The molecule has 0 fully saturated rings. The molecule has 4 rings (SSSR count). The summed E-state index contributed by atoms with van der Waals surface area (Å²) in [5, 5.41) is 6.74. The van der Waals surface area contributed by atoms with Gasteiger partial charge in [-0.25, -0.2) is 9.97 Å². The molecule has 154 valence electrons. The monoisotopic (exact) mass is 402 g/mol. The summed E-state index contributed by atoms with van der Waals surface area (Å²) in [5.74, 6) is 2.68. The summed E-state index contributed by atoms with van der Waals surface area (Å²) in [6.45, 7) is 5.75. The zero-order chi connectivity index (χ0) is 20.9. The van der Waals surface area contributed by atoms with Gasteiger partial charge in [0.2, 0.25) is 11.9 Å². The molecule has 7 heteroatoms. The van der Waals surface area contributed by atoms with Gasteiger partial charge in [0.25, 0.3) is 0 Å². The molecule has 0 atom stereocenters. The van der Waals surface area contributed by atoms with Crippen LogP contribution in [-0.2, 0) is 6.54 Å². The number of nitrogens with one attached hydrogen (secondary N) is 2. The maximum atomic E-state index is 5.24. The summed E-state index contributed by atoms with van der Waals surface area (Å²) >= 11 is 0. The van der Waals surface area contributed by atoms with E-state index in [1.165, 1.54) is 0 Å². The molecule has 0 bridgehead atoms. The number of hydrogen-bond donors (Lipinski definition) is 2. The molecule has 0 amide bonds. The fourth-order valence-corrected chi connectivity index (χ4v) is 3.12. The number of ether oxygens (including phenoxy) is 1. The van der Waals surface area contributed by atoms with Crippen molar-refractivity contribution in [2.24, 2.45) is 5.92 Å². The van der Waals surface area contributed by atoms with E-state index in [1.54, 1.807) is 13.3 Å². The molecule has 0 saturated heterocycles. The van der Waals surface area contributed by atoms with Crippen molar-refractivity contribution in [2.45, 2.75) is 20.4 Å². The number of fused-ring (bicyclic) bond motifs is 1. The Morgan fingerprint density at radius 1 is 0.967 bits per heavy atom. The lowest BCUT2D eigenvalue weighted by molar-refractivity contribution is 0.414. The van der Waals surface area contributed by atoms with Crippen LogP contribution in [0.1, 0.15) is 19.4 Å². The summed E-state index contributed by atoms with van der Waals surface area (Å²) in [5.41, 5.74) is 3.63. The van der Waals surface area contributed by atoms with Crippen LogP contribution in [-0.4, -0.2) is 33.2 Å². The van der Waals surface area contributed by atoms with Crippen LogP contribution in [0, 0.1) is 5.92 Å². The zero-order valence-corrected chi connectivity index (χ0v) is 17.5. The maximum absolute atomic E-state index is 5.24. The van der Waals surface area contributed by atoms with Gasteiger partial charge in [-0.05, 0) is 35.7 Å². The van der Waals surface area contributed by atoms with Gasteiger partial charge in [-0.2, -0.15) is 4.98 Å². The van der Waals surface area contributed by atoms with Crippen LogP contribution in [0.3, 0.4) is 0 Å². The Morgan fingerprint density at radius 2 is 1.73 bits per heavy atom. The topological polar surface area (TPSA) is 76.9 Å². The molecule has 0 aliphatic heterocycles. The first-order valence-corrected chi connectivity index (χ1v) is 10.1. The van der Waals surface area contributed by atoms with E-state index in [-0.39, 0.29) is 0 Å². The molecule has 2 N–H and O–H groups in total. The highest BCUT2D eigenvalue weighted by Gasteiger charge is 2.15. The van der Waals surface area contributed by atoms with Gasteiger partial charge in [0, 0.05) is 13.1 Å². The van der Waals surface area contributed by atoms with E-state index in [9.17, 15) is 0 Å². The van der Waals surface area contributed by atoms with E-state index in [0.717, 1.165) is 40.7 Å². The average Bonchev–Trinajstić information content (AvgIpc) is 3.14. The summed E-state index contributed by atoms with van der Waals surface area (Å²) in [4.78, 5) is 13.9. The minimum atomic E-state index is 0.505. The lowest BCUT2D eigenvalue weighted by Crippen LogP contribution is -2.11. The Balaban J connectivity index is 1.68. The minimum Gasteiger partial charge on any atom is -0.497 e. The Hall–Kier alpha value is -3.61. The van der Waals surface area contributed by atoms with E-state index in [2.05, 4.69) is 29.5 Å². The van der Waals surface area contributed by atoms with Crippen molar-refractivity contribution < 1.29 is 4.74 Å². The van der Waals surface area contributed by atoms with Crippen LogP contribution in [0.2, 0.25) is 0 Å². The lowest BCUT2D eigenvalue weighted by atomic mass is 10.2. The van der Waals surface area contributed by atoms with Crippen molar-refractivity contribution in [2.75, 3.05) is 24.3 Å². The Kier molecular flexibility index (Phi) is 5.79. The predicted octanol–water partition coefficient (Wildman–Crippen LogP) is 4.50. The van der Waals surface area contributed by atoms with Gasteiger partial charge in [0.15, 0.2) is 5.65 Å². The number of rotatable bonds is 8. The number of anilines is 2. The van der Waals surface area contributed by atoms with Gasteiger partial charge in [0.1, 0.15) is 11.3 Å². The molecular formula is C23H26N6O. The van der Waals surface area contributed by atoms with Crippen LogP contribution in [0.25, 0.3) is 16.9 Å². The molecule has 0 unspecified atom stereocenters.